The van der Waals surface area contributed by atoms with Crippen LogP contribution in [0.3, 0.4) is 0 Å². The molecular weight excluding hydrogens is 270 g/mol. The van der Waals surface area contributed by atoms with E-state index in [0.29, 0.717) is 18.4 Å². The van der Waals surface area contributed by atoms with Crippen LogP contribution in [0.15, 0.2) is 18.3 Å². The molecule has 2 amide bonds. The summed E-state index contributed by atoms with van der Waals surface area (Å²) in [7, 11) is 0. The average Bonchev–Trinajstić information content (AvgIpc) is 2.48. The molecule has 114 valence electrons. The highest BCUT2D eigenvalue weighted by atomic mass is 16.4. The number of aromatic carboxylic acids is 1. The van der Waals surface area contributed by atoms with E-state index in [4.69, 9.17) is 5.11 Å². The van der Waals surface area contributed by atoms with Crippen molar-refractivity contribution >= 4 is 12.0 Å². The van der Waals surface area contributed by atoms with Gasteiger partial charge in [0, 0.05) is 25.8 Å². The zero-order valence-corrected chi connectivity index (χ0v) is 12.4. The van der Waals surface area contributed by atoms with E-state index in [-0.39, 0.29) is 11.7 Å². The fourth-order valence-electron chi connectivity index (χ4n) is 2.39. The molecule has 21 heavy (non-hydrogen) atoms. The number of amides is 2. The van der Waals surface area contributed by atoms with Crippen molar-refractivity contribution in [3.63, 3.8) is 0 Å². The Kier molecular flexibility index (Phi) is 4.77. The Balaban J connectivity index is 1.85. The normalized spacial score (nSPS) is 21.9. The first-order valence-electron chi connectivity index (χ1n) is 7.18. The predicted molar refractivity (Wildman–Crippen MR) is 78.0 cm³/mol. The van der Waals surface area contributed by atoms with Crippen molar-refractivity contribution in [3.8, 4) is 0 Å². The Morgan fingerprint density at radius 3 is 2.71 bits per heavy atom. The molecule has 1 fully saturated rings. The van der Waals surface area contributed by atoms with Gasteiger partial charge < -0.3 is 15.3 Å². The Hall–Kier alpha value is -2.11. The van der Waals surface area contributed by atoms with E-state index in [2.05, 4.69) is 24.1 Å². The second kappa shape index (κ2) is 6.56. The number of hydrogen-bond acceptors (Lipinski definition) is 3. The number of likely N-dealkylation sites (tertiary alicyclic amines) is 1. The van der Waals surface area contributed by atoms with E-state index in [1.807, 2.05) is 4.90 Å². The molecule has 2 unspecified atom stereocenters. The lowest BCUT2D eigenvalue weighted by Gasteiger charge is -2.35. The van der Waals surface area contributed by atoms with Gasteiger partial charge in [0.25, 0.3) is 0 Å². The molecule has 2 N–H and O–H groups in total. The second-order valence-corrected chi connectivity index (χ2v) is 5.70. The van der Waals surface area contributed by atoms with Crippen molar-refractivity contribution in [1.29, 1.82) is 0 Å². The number of carbonyl (C=O) groups is 2. The molecule has 1 aromatic heterocycles. The first-order chi connectivity index (χ1) is 9.97. The topological polar surface area (TPSA) is 82.5 Å². The summed E-state index contributed by atoms with van der Waals surface area (Å²) in [5.41, 5.74) is 0.788. The molecular formula is C15H21N3O3. The molecule has 2 atom stereocenters. The number of rotatable bonds is 3. The van der Waals surface area contributed by atoms with Crippen LogP contribution in [-0.2, 0) is 6.54 Å². The number of hydrogen-bond donors (Lipinski definition) is 2. The molecule has 0 radical (unpaired) electrons. The molecule has 2 heterocycles. The van der Waals surface area contributed by atoms with Crippen LogP contribution in [0, 0.1) is 11.8 Å². The molecule has 0 spiro atoms. The summed E-state index contributed by atoms with van der Waals surface area (Å²) in [6.07, 6.45) is 2.51. The Morgan fingerprint density at radius 2 is 2.14 bits per heavy atom. The lowest BCUT2D eigenvalue weighted by molar-refractivity contribution is 0.0690. The summed E-state index contributed by atoms with van der Waals surface area (Å²) in [4.78, 5) is 28.5. The van der Waals surface area contributed by atoms with Crippen molar-refractivity contribution in [2.75, 3.05) is 13.1 Å². The van der Waals surface area contributed by atoms with Crippen LogP contribution in [0.1, 0.15) is 36.3 Å². The van der Waals surface area contributed by atoms with E-state index >= 15 is 0 Å². The van der Waals surface area contributed by atoms with Gasteiger partial charge in [-0.05, 0) is 29.9 Å². The standard InChI is InChI=1S/C15H21N3O3/c1-10-5-6-18(9-11(10)2)15(21)17-8-12-3-4-13(14(19)20)16-7-12/h3-4,7,10-11H,5-6,8-9H2,1-2H3,(H,17,21)(H,19,20). The largest absolute Gasteiger partial charge is 0.477 e. The van der Waals surface area contributed by atoms with Crippen molar-refractivity contribution in [1.82, 2.24) is 15.2 Å². The fourth-order valence-corrected chi connectivity index (χ4v) is 2.39. The molecule has 1 aliphatic rings. The Labute approximate surface area is 124 Å². The first kappa shape index (κ1) is 15.3. The van der Waals surface area contributed by atoms with Gasteiger partial charge in [0.1, 0.15) is 5.69 Å². The van der Waals surface area contributed by atoms with Gasteiger partial charge in [0.2, 0.25) is 0 Å². The van der Waals surface area contributed by atoms with Gasteiger partial charge in [0.15, 0.2) is 0 Å². The highest BCUT2D eigenvalue weighted by Crippen LogP contribution is 2.22. The quantitative estimate of drug-likeness (QED) is 0.892. The smallest absolute Gasteiger partial charge is 0.354 e. The zero-order chi connectivity index (χ0) is 15.4. The van der Waals surface area contributed by atoms with Crippen LogP contribution in [0.25, 0.3) is 0 Å². The SMILES string of the molecule is CC1CCN(C(=O)NCc2ccc(C(=O)O)nc2)CC1C. The van der Waals surface area contributed by atoms with Gasteiger partial charge >= 0.3 is 12.0 Å². The molecule has 0 saturated carbocycles. The van der Waals surface area contributed by atoms with Gasteiger partial charge in [-0.1, -0.05) is 19.9 Å². The maximum absolute atomic E-state index is 12.1. The van der Waals surface area contributed by atoms with Gasteiger partial charge in [0.05, 0.1) is 0 Å². The van der Waals surface area contributed by atoms with Gasteiger partial charge in [-0.15, -0.1) is 0 Å². The number of pyridine rings is 1. The number of carboxylic acid groups (broad SMARTS) is 1. The molecule has 0 bridgehead atoms. The van der Waals surface area contributed by atoms with Crippen LogP contribution in [0.2, 0.25) is 0 Å². The summed E-state index contributed by atoms with van der Waals surface area (Å²) < 4.78 is 0. The zero-order valence-electron chi connectivity index (χ0n) is 12.4. The summed E-state index contributed by atoms with van der Waals surface area (Å²) in [5.74, 6) is 0.116. The molecule has 0 aromatic carbocycles. The lowest BCUT2D eigenvalue weighted by Crippen LogP contribution is -2.46. The van der Waals surface area contributed by atoms with E-state index in [1.165, 1.54) is 12.3 Å². The van der Waals surface area contributed by atoms with Crippen LogP contribution in [0.5, 0.6) is 0 Å². The minimum absolute atomic E-state index is 0.00363. The van der Waals surface area contributed by atoms with Crippen LogP contribution < -0.4 is 5.32 Å². The summed E-state index contributed by atoms with van der Waals surface area (Å²) in [6.45, 7) is 6.30. The van der Waals surface area contributed by atoms with Crippen molar-refractivity contribution in [2.24, 2.45) is 11.8 Å². The molecule has 6 nitrogen and oxygen atoms in total. The van der Waals surface area contributed by atoms with Gasteiger partial charge in [-0.25, -0.2) is 14.6 Å². The molecule has 1 aromatic rings. The number of nitrogens with zero attached hydrogens (tertiary/aromatic N) is 2. The predicted octanol–water partition coefficient (Wildman–Crippen LogP) is 1.97. The third-order valence-corrected chi connectivity index (χ3v) is 4.11. The van der Waals surface area contributed by atoms with Crippen molar-refractivity contribution in [2.45, 2.75) is 26.8 Å². The number of piperidine rings is 1. The fraction of sp³-hybridized carbons (Fsp3) is 0.533. The van der Waals surface area contributed by atoms with E-state index < -0.39 is 5.97 Å². The van der Waals surface area contributed by atoms with Crippen LogP contribution in [-0.4, -0.2) is 40.1 Å². The van der Waals surface area contributed by atoms with Gasteiger partial charge in [-0.3, -0.25) is 0 Å². The lowest BCUT2D eigenvalue weighted by atomic mass is 9.89. The summed E-state index contributed by atoms with van der Waals surface area (Å²) >= 11 is 0. The summed E-state index contributed by atoms with van der Waals surface area (Å²) in [5, 5.41) is 11.6. The third kappa shape index (κ3) is 3.93. The number of carboxylic acids is 1. The maximum Gasteiger partial charge on any atom is 0.354 e. The molecule has 2 rings (SSSR count). The number of nitrogens with one attached hydrogen (secondary N) is 1. The number of aromatic nitrogens is 1. The van der Waals surface area contributed by atoms with E-state index in [9.17, 15) is 9.59 Å². The van der Waals surface area contributed by atoms with Gasteiger partial charge in [-0.2, -0.15) is 0 Å². The molecule has 0 aliphatic carbocycles. The maximum atomic E-state index is 12.1. The Bertz CT molecular complexity index is 515. The summed E-state index contributed by atoms with van der Waals surface area (Å²) in [6, 6.07) is 3.03. The van der Waals surface area contributed by atoms with Crippen LogP contribution in [0.4, 0.5) is 4.79 Å². The van der Waals surface area contributed by atoms with Crippen LogP contribution >= 0.6 is 0 Å². The highest BCUT2D eigenvalue weighted by molar-refractivity contribution is 5.85. The second-order valence-electron chi connectivity index (χ2n) is 5.70. The number of carbonyl (C=O) groups excluding carboxylic acids is 1. The van der Waals surface area contributed by atoms with Crippen molar-refractivity contribution in [3.05, 3.63) is 29.6 Å². The monoisotopic (exact) mass is 291 g/mol. The first-order valence-corrected chi connectivity index (χ1v) is 7.18. The Morgan fingerprint density at radius 1 is 1.38 bits per heavy atom. The minimum Gasteiger partial charge on any atom is -0.477 e. The molecule has 6 heteroatoms. The molecule has 1 saturated heterocycles. The number of urea groups is 1. The average molecular weight is 291 g/mol. The minimum atomic E-state index is -1.05. The highest BCUT2D eigenvalue weighted by Gasteiger charge is 2.25. The molecule has 1 aliphatic heterocycles. The van der Waals surface area contributed by atoms with E-state index in [1.54, 1.807) is 6.07 Å². The van der Waals surface area contributed by atoms with E-state index in [0.717, 1.165) is 25.1 Å². The van der Waals surface area contributed by atoms with Crippen molar-refractivity contribution < 1.29 is 14.7 Å². The third-order valence-electron chi connectivity index (χ3n) is 4.11.